The molecule has 7 heteroatoms. The van der Waals surface area contributed by atoms with Crippen molar-refractivity contribution in [1.29, 1.82) is 5.26 Å². The van der Waals surface area contributed by atoms with Crippen LogP contribution < -0.4 is 0 Å². The van der Waals surface area contributed by atoms with E-state index < -0.39 is 10.2 Å². The Balaban J connectivity index is 3.48. The van der Waals surface area contributed by atoms with Gasteiger partial charge in [0.05, 0.1) is 5.69 Å². The van der Waals surface area contributed by atoms with E-state index in [4.69, 9.17) is 5.26 Å². The first-order chi connectivity index (χ1) is 7.60. The second-order valence-electron chi connectivity index (χ2n) is 4.90. The molecule has 0 spiro atoms. The molecule has 1 aromatic rings. The molecule has 0 bridgehead atoms. The van der Waals surface area contributed by atoms with Gasteiger partial charge in [0.25, 0.3) is 0 Å². The van der Waals surface area contributed by atoms with Gasteiger partial charge in [0.2, 0.25) is 5.82 Å². The lowest BCUT2D eigenvalue weighted by Crippen LogP contribution is -2.29. The van der Waals surface area contributed by atoms with Gasteiger partial charge in [-0.2, -0.15) is 18.0 Å². The molecule has 94 valence electrons. The highest BCUT2D eigenvalue weighted by Gasteiger charge is 2.26. The molecule has 0 unspecified atom stereocenters. The molecule has 0 aliphatic rings. The van der Waals surface area contributed by atoms with Crippen molar-refractivity contribution in [3.05, 3.63) is 17.7 Å². The van der Waals surface area contributed by atoms with Crippen LogP contribution in [0.2, 0.25) is 0 Å². The fourth-order valence-electron chi connectivity index (χ4n) is 1.15. The predicted octanol–water partition coefficient (Wildman–Crippen LogP) is 0.707. The number of aromatic nitrogens is 2. The summed E-state index contributed by atoms with van der Waals surface area (Å²) in [5.74, 6) is -0.122. The van der Waals surface area contributed by atoms with Crippen molar-refractivity contribution in [2.75, 3.05) is 14.1 Å². The second-order valence-corrected chi connectivity index (χ2v) is 6.92. The number of rotatable bonds is 2. The molecule has 1 heterocycles. The smallest absolute Gasteiger partial charge is 0.223 e. The molecule has 0 saturated heterocycles. The van der Waals surface area contributed by atoms with Gasteiger partial charge in [-0.25, -0.2) is 8.96 Å². The van der Waals surface area contributed by atoms with Gasteiger partial charge in [-0.1, -0.05) is 20.8 Å². The summed E-state index contributed by atoms with van der Waals surface area (Å²) >= 11 is 0. The van der Waals surface area contributed by atoms with Crippen molar-refractivity contribution in [1.82, 2.24) is 13.3 Å². The van der Waals surface area contributed by atoms with Crippen molar-refractivity contribution in [2.45, 2.75) is 26.2 Å². The van der Waals surface area contributed by atoms with E-state index in [9.17, 15) is 8.42 Å². The van der Waals surface area contributed by atoms with E-state index in [1.807, 2.05) is 20.8 Å². The largest absolute Gasteiger partial charge is 0.309 e. The van der Waals surface area contributed by atoms with E-state index in [0.29, 0.717) is 5.69 Å². The maximum Gasteiger partial charge on any atom is 0.309 e. The summed E-state index contributed by atoms with van der Waals surface area (Å²) in [6, 6.07) is 1.80. The van der Waals surface area contributed by atoms with Gasteiger partial charge in [-0.15, -0.1) is 0 Å². The number of imidazole rings is 1. The van der Waals surface area contributed by atoms with Gasteiger partial charge in [-0.3, -0.25) is 0 Å². The van der Waals surface area contributed by atoms with E-state index in [1.165, 1.54) is 20.3 Å². The van der Waals surface area contributed by atoms with Crippen LogP contribution in [0.25, 0.3) is 0 Å². The average Bonchev–Trinajstić information content (AvgIpc) is 2.60. The first kappa shape index (κ1) is 13.7. The molecule has 0 fully saturated rings. The van der Waals surface area contributed by atoms with Gasteiger partial charge in [0.1, 0.15) is 6.07 Å². The molecule has 0 atom stereocenters. The molecule has 0 aliphatic carbocycles. The van der Waals surface area contributed by atoms with Crippen LogP contribution in [0.5, 0.6) is 0 Å². The van der Waals surface area contributed by atoms with Crippen molar-refractivity contribution < 1.29 is 8.42 Å². The van der Waals surface area contributed by atoms with Gasteiger partial charge >= 0.3 is 10.2 Å². The topological polar surface area (TPSA) is 79.0 Å². The van der Waals surface area contributed by atoms with E-state index in [2.05, 4.69) is 4.98 Å². The van der Waals surface area contributed by atoms with Crippen molar-refractivity contribution in [3.8, 4) is 6.07 Å². The van der Waals surface area contributed by atoms with Gasteiger partial charge in [0, 0.05) is 25.7 Å². The van der Waals surface area contributed by atoms with E-state index >= 15 is 0 Å². The molecule has 0 N–H and O–H groups in total. The molecule has 0 saturated carbocycles. The summed E-state index contributed by atoms with van der Waals surface area (Å²) < 4.78 is 25.9. The van der Waals surface area contributed by atoms with Crippen LogP contribution >= 0.6 is 0 Å². The fourth-order valence-corrected chi connectivity index (χ4v) is 2.04. The lowest BCUT2D eigenvalue weighted by Gasteiger charge is -2.14. The molecule has 0 aromatic carbocycles. The number of nitriles is 1. The molecule has 6 nitrogen and oxygen atoms in total. The van der Waals surface area contributed by atoms with Crippen LogP contribution in [-0.4, -0.2) is 35.8 Å². The maximum atomic E-state index is 11.9. The first-order valence-electron chi connectivity index (χ1n) is 5.03. The molecule has 17 heavy (non-hydrogen) atoms. The third kappa shape index (κ3) is 2.48. The molecular formula is C10H16N4O2S. The molecule has 1 rings (SSSR count). The standard InChI is InChI=1S/C10H16N4O2S/c1-10(2,3)8-7-14(9(6-11)12-8)17(15,16)13(4)5/h7H,1-5H3. The van der Waals surface area contributed by atoms with E-state index in [0.717, 1.165) is 8.28 Å². The monoisotopic (exact) mass is 256 g/mol. The van der Waals surface area contributed by atoms with Gasteiger partial charge in [0.15, 0.2) is 0 Å². The van der Waals surface area contributed by atoms with Crippen molar-refractivity contribution >= 4 is 10.2 Å². The Hall–Kier alpha value is -1.39. The third-order valence-electron chi connectivity index (χ3n) is 2.25. The quantitative estimate of drug-likeness (QED) is 0.780. The SMILES string of the molecule is CN(C)S(=O)(=O)n1cc(C(C)(C)C)nc1C#N. The van der Waals surface area contributed by atoms with Crippen LogP contribution in [0.1, 0.15) is 32.3 Å². The highest BCUT2D eigenvalue weighted by Crippen LogP contribution is 2.22. The normalized spacial score (nSPS) is 12.8. The molecular weight excluding hydrogens is 240 g/mol. The molecule has 0 radical (unpaired) electrons. The highest BCUT2D eigenvalue weighted by molar-refractivity contribution is 7.87. The van der Waals surface area contributed by atoms with Crippen LogP contribution in [0, 0.1) is 11.3 Å². The first-order valence-corrected chi connectivity index (χ1v) is 6.43. The lowest BCUT2D eigenvalue weighted by atomic mass is 9.93. The average molecular weight is 256 g/mol. The summed E-state index contributed by atoms with van der Waals surface area (Å²) in [4.78, 5) is 4.04. The highest BCUT2D eigenvalue weighted by atomic mass is 32.2. The summed E-state index contributed by atoms with van der Waals surface area (Å²) in [5.41, 5.74) is 0.262. The number of hydrogen-bond donors (Lipinski definition) is 0. The predicted molar refractivity (Wildman–Crippen MR) is 63.6 cm³/mol. The Morgan fingerprint density at radius 2 is 1.94 bits per heavy atom. The van der Waals surface area contributed by atoms with E-state index in [1.54, 1.807) is 6.07 Å². The second kappa shape index (κ2) is 4.13. The van der Waals surface area contributed by atoms with Crippen molar-refractivity contribution in [3.63, 3.8) is 0 Å². The minimum absolute atomic E-state index is 0.122. The lowest BCUT2D eigenvalue weighted by molar-refractivity contribution is 0.510. The molecule has 1 aromatic heterocycles. The summed E-state index contributed by atoms with van der Waals surface area (Å²) in [6.45, 7) is 5.72. The Morgan fingerprint density at radius 1 is 1.41 bits per heavy atom. The summed E-state index contributed by atoms with van der Waals surface area (Å²) in [7, 11) is -0.874. The summed E-state index contributed by atoms with van der Waals surface area (Å²) in [5, 5.41) is 8.93. The molecule has 0 aliphatic heterocycles. The Bertz CT molecular complexity index is 558. The Kier molecular flexibility index (Phi) is 3.32. The Labute approximate surface area is 102 Å². The zero-order valence-corrected chi connectivity index (χ0v) is 11.4. The van der Waals surface area contributed by atoms with Crippen LogP contribution in [0.4, 0.5) is 0 Å². The zero-order valence-electron chi connectivity index (χ0n) is 10.6. The Morgan fingerprint density at radius 3 is 2.29 bits per heavy atom. The fraction of sp³-hybridized carbons (Fsp3) is 0.600. The molecule has 0 amide bonds. The van der Waals surface area contributed by atoms with Crippen LogP contribution in [-0.2, 0) is 15.6 Å². The van der Waals surface area contributed by atoms with Crippen LogP contribution in [0.15, 0.2) is 6.20 Å². The minimum atomic E-state index is -3.69. The van der Waals surface area contributed by atoms with E-state index in [-0.39, 0.29) is 11.2 Å². The van der Waals surface area contributed by atoms with Gasteiger partial charge < -0.3 is 0 Å². The number of hydrogen-bond acceptors (Lipinski definition) is 4. The van der Waals surface area contributed by atoms with Crippen LogP contribution in [0.3, 0.4) is 0 Å². The minimum Gasteiger partial charge on any atom is -0.223 e. The third-order valence-corrected chi connectivity index (χ3v) is 3.95. The zero-order chi connectivity index (χ0) is 13.4. The number of nitrogens with zero attached hydrogens (tertiary/aromatic N) is 4. The summed E-state index contributed by atoms with van der Waals surface area (Å²) in [6.07, 6.45) is 1.40. The van der Waals surface area contributed by atoms with Gasteiger partial charge in [-0.05, 0) is 0 Å². The van der Waals surface area contributed by atoms with Crippen molar-refractivity contribution in [2.24, 2.45) is 0 Å². The maximum absolute atomic E-state index is 11.9.